The number of hydrogen-bond donors (Lipinski definition) is 0. The molecule has 0 saturated heterocycles. The zero-order valence-corrected chi connectivity index (χ0v) is 19.6. The summed E-state index contributed by atoms with van der Waals surface area (Å²) in [5, 5.41) is 0. The van der Waals surface area contributed by atoms with E-state index in [2.05, 4.69) is 0 Å². The van der Waals surface area contributed by atoms with Crippen LogP contribution in [0.15, 0.2) is 53.4 Å². The van der Waals surface area contributed by atoms with Crippen molar-refractivity contribution in [1.29, 1.82) is 0 Å². The maximum absolute atomic E-state index is 13.0. The minimum atomic E-state index is -3.56. The van der Waals surface area contributed by atoms with E-state index >= 15 is 0 Å². The van der Waals surface area contributed by atoms with Crippen molar-refractivity contribution in [3.63, 3.8) is 0 Å². The molecule has 0 spiro atoms. The molecular formula is C23H31N3O4S. The van der Waals surface area contributed by atoms with Crippen LogP contribution in [-0.4, -0.2) is 68.1 Å². The summed E-state index contributed by atoms with van der Waals surface area (Å²) in [6.45, 7) is 7.15. The monoisotopic (exact) mass is 445 g/mol. The molecule has 2 aromatic rings. The maximum Gasteiger partial charge on any atom is 0.254 e. The largest absolute Gasteiger partial charge is 0.345 e. The summed E-state index contributed by atoms with van der Waals surface area (Å²) in [6.07, 6.45) is 0. The Morgan fingerprint density at radius 1 is 0.742 bits per heavy atom. The number of sulfonamides is 1. The van der Waals surface area contributed by atoms with Gasteiger partial charge in [-0.15, -0.1) is 0 Å². The third-order valence-electron chi connectivity index (χ3n) is 5.09. The van der Waals surface area contributed by atoms with Crippen LogP contribution in [0.2, 0.25) is 0 Å². The van der Waals surface area contributed by atoms with E-state index in [1.54, 1.807) is 57.1 Å². The van der Waals surface area contributed by atoms with Crippen LogP contribution < -0.4 is 0 Å². The minimum Gasteiger partial charge on any atom is -0.345 e. The molecule has 7 nitrogen and oxygen atoms in total. The van der Waals surface area contributed by atoms with Crippen LogP contribution in [0.4, 0.5) is 0 Å². The summed E-state index contributed by atoms with van der Waals surface area (Å²) in [6, 6.07) is 13.3. The van der Waals surface area contributed by atoms with Gasteiger partial charge in [0.2, 0.25) is 10.0 Å². The van der Waals surface area contributed by atoms with Gasteiger partial charge in [-0.05, 0) is 48.9 Å². The molecule has 0 N–H and O–H groups in total. The van der Waals surface area contributed by atoms with Gasteiger partial charge in [0.1, 0.15) is 0 Å². The average molecular weight is 446 g/mol. The summed E-state index contributed by atoms with van der Waals surface area (Å²) < 4.78 is 26.6. The van der Waals surface area contributed by atoms with Crippen LogP contribution in [0.25, 0.3) is 0 Å². The normalized spacial score (nSPS) is 11.4. The Kier molecular flexibility index (Phi) is 8.36. The van der Waals surface area contributed by atoms with Crippen molar-refractivity contribution in [2.75, 3.05) is 33.7 Å². The molecule has 8 heteroatoms. The van der Waals surface area contributed by atoms with Crippen LogP contribution in [-0.2, 0) is 16.6 Å². The van der Waals surface area contributed by atoms with E-state index < -0.39 is 10.0 Å². The summed E-state index contributed by atoms with van der Waals surface area (Å²) in [5.41, 5.74) is 1.93. The molecule has 0 aliphatic rings. The second kappa shape index (κ2) is 10.5. The first-order chi connectivity index (χ1) is 14.6. The van der Waals surface area contributed by atoms with Gasteiger partial charge in [0, 0.05) is 51.4 Å². The quantitative estimate of drug-likeness (QED) is 0.594. The van der Waals surface area contributed by atoms with Gasteiger partial charge >= 0.3 is 0 Å². The molecule has 0 radical (unpaired) electrons. The first-order valence-corrected chi connectivity index (χ1v) is 11.8. The lowest BCUT2D eigenvalue weighted by Crippen LogP contribution is -2.31. The van der Waals surface area contributed by atoms with Crippen molar-refractivity contribution >= 4 is 21.8 Å². The lowest BCUT2D eigenvalue weighted by atomic mass is 10.1. The molecule has 2 rings (SSSR count). The van der Waals surface area contributed by atoms with E-state index in [1.807, 2.05) is 19.1 Å². The van der Waals surface area contributed by atoms with Gasteiger partial charge in [0.15, 0.2) is 0 Å². The molecule has 2 amide bonds. The van der Waals surface area contributed by atoms with Crippen LogP contribution in [0, 0.1) is 0 Å². The standard InChI is InChI=1S/C23H31N3O4S/c1-6-25(17-18-9-11-19(12-10-18)22(27)24(4)5)23(28)20-13-15-21(16-14-20)31(29,30)26(7-2)8-3/h9-16H,6-8,17H2,1-5H3. The van der Waals surface area contributed by atoms with E-state index in [4.69, 9.17) is 0 Å². The zero-order valence-electron chi connectivity index (χ0n) is 18.8. The van der Waals surface area contributed by atoms with E-state index in [0.29, 0.717) is 37.3 Å². The van der Waals surface area contributed by atoms with Crippen molar-refractivity contribution in [2.24, 2.45) is 0 Å². The number of carbonyl (C=O) groups is 2. The molecule has 0 aromatic heterocycles. The number of amides is 2. The molecule has 0 saturated carbocycles. The lowest BCUT2D eigenvalue weighted by Gasteiger charge is -2.22. The van der Waals surface area contributed by atoms with Crippen molar-refractivity contribution < 1.29 is 18.0 Å². The molecule has 0 aliphatic heterocycles. The predicted octanol–water partition coefficient (Wildman–Crippen LogP) is 3.08. The Hall–Kier alpha value is -2.71. The Morgan fingerprint density at radius 2 is 1.23 bits per heavy atom. The highest BCUT2D eigenvalue weighted by atomic mass is 32.2. The summed E-state index contributed by atoms with van der Waals surface area (Å²) in [5.74, 6) is -0.252. The maximum atomic E-state index is 13.0. The average Bonchev–Trinajstić information content (AvgIpc) is 2.77. The zero-order chi connectivity index (χ0) is 23.2. The Labute approximate surface area is 185 Å². The highest BCUT2D eigenvalue weighted by Crippen LogP contribution is 2.18. The number of benzene rings is 2. The number of hydrogen-bond acceptors (Lipinski definition) is 4. The van der Waals surface area contributed by atoms with Crippen LogP contribution in [0.5, 0.6) is 0 Å². The fourth-order valence-corrected chi connectivity index (χ4v) is 4.68. The first kappa shape index (κ1) is 24.6. The Balaban J connectivity index is 2.16. The van der Waals surface area contributed by atoms with Crippen LogP contribution in [0.1, 0.15) is 47.1 Å². The highest BCUT2D eigenvalue weighted by Gasteiger charge is 2.22. The van der Waals surface area contributed by atoms with Gasteiger partial charge in [0.05, 0.1) is 4.90 Å². The third kappa shape index (κ3) is 5.71. The topological polar surface area (TPSA) is 78.0 Å². The van der Waals surface area contributed by atoms with Crippen molar-refractivity contribution in [1.82, 2.24) is 14.1 Å². The van der Waals surface area contributed by atoms with E-state index in [-0.39, 0.29) is 16.7 Å². The Bertz CT molecular complexity index is 996. The first-order valence-electron chi connectivity index (χ1n) is 10.4. The van der Waals surface area contributed by atoms with Crippen molar-refractivity contribution in [2.45, 2.75) is 32.2 Å². The second-order valence-electron chi connectivity index (χ2n) is 7.33. The molecule has 0 atom stereocenters. The summed E-state index contributed by atoms with van der Waals surface area (Å²) in [7, 11) is -0.157. The minimum absolute atomic E-state index is 0.0743. The third-order valence-corrected chi connectivity index (χ3v) is 7.16. The van der Waals surface area contributed by atoms with Gasteiger partial charge < -0.3 is 9.80 Å². The van der Waals surface area contributed by atoms with Crippen LogP contribution in [0.3, 0.4) is 0 Å². The van der Waals surface area contributed by atoms with Crippen LogP contribution >= 0.6 is 0 Å². The second-order valence-corrected chi connectivity index (χ2v) is 9.27. The molecular weight excluding hydrogens is 414 g/mol. The number of carbonyl (C=O) groups excluding carboxylic acids is 2. The fraction of sp³-hybridized carbons (Fsp3) is 0.391. The van der Waals surface area contributed by atoms with E-state index in [1.165, 1.54) is 21.3 Å². The van der Waals surface area contributed by atoms with Gasteiger partial charge in [-0.3, -0.25) is 9.59 Å². The molecule has 31 heavy (non-hydrogen) atoms. The molecule has 0 unspecified atom stereocenters. The predicted molar refractivity (Wildman–Crippen MR) is 121 cm³/mol. The summed E-state index contributed by atoms with van der Waals surface area (Å²) in [4.78, 5) is 28.3. The molecule has 168 valence electrons. The molecule has 0 fully saturated rings. The van der Waals surface area contributed by atoms with Crippen molar-refractivity contribution in [3.05, 3.63) is 65.2 Å². The lowest BCUT2D eigenvalue weighted by molar-refractivity contribution is 0.0751. The highest BCUT2D eigenvalue weighted by molar-refractivity contribution is 7.89. The SMILES string of the molecule is CCN(Cc1ccc(C(=O)N(C)C)cc1)C(=O)c1ccc(S(=O)(=O)N(CC)CC)cc1. The summed E-state index contributed by atoms with van der Waals surface area (Å²) >= 11 is 0. The van der Waals surface area contributed by atoms with Gasteiger partial charge in [-0.25, -0.2) is 8.42 Å². The molecule has 0 heterocycles. The Morgan fingerprint density at radius 3 is 1.68 bits per heavy atom. The van der Waals surface area contributed by atoms with E-state index in [9.17, 15) is 18.0 Å². The molecule has 0 bridgehead atoms. The molecule has 0 aliphatic carbocycles. The molecule has 2 aromatic carbocycles. The van der Waals surface area contributed by atoms with Crippen molar-refractivity contribution in [3.8, 4) is 0 Å². The van der Waals surface area contributed by atoms with Gasteiger partial charge in [0.25, 0.3) is 11.8 Å². The van der Waals surface area contributed by atoms with Gasteiger partial charge in [-0.2, -0.15) is 4.31 Å². The smallest absolute Gasteiger partial charge is 0.254 e. The number of nitrogens with zero attached hydrogens (tertiary/aromatic N) is 3. The number of rotatable bonds is 9. The van der Waals surface area contributed by atoms with E-state index in [0.717, 1.165) is 5.56 Å². The van der Waals surface area contributed by atoms with Gasteiger partial charge in [-0.1, -0.05) is 26.0 Å². The fourth-order valence-electron chi connectivity index (χ4n) is 3.22.